The van der Waals surface area contributed by atoms with Gasteiger partial charge in [0.2, 0.25) is 5.91 Å². The number of aromatic amines is 1. The summed E-state index contributed by atoms with van der Waals surface area (Å²) >= 11 is 0. The number of H-pyrrole nitrogens is 1. The molecule has 0 radical (unpaired) electrons. The van der Waals surface area contributed by atoms with Crippen LogP contribution >= 0.6 is 0 Å². The molecular weight excluding hydrogens is 388 g/mol. The molecule has 2 aromatic heterocycles. The average molecular weight is 410 g/mol. The van der Waals surface area contributed by atoms with Gasteiger partial charge < -0.3 is 15.2 Å². The lowest BCUT2D eigenvalue weighted by molar-refractivity contribution is -0.116. The molecule has 0 fully saturated rings. The molecule has 1 atom stereocenters. The summed E-state index contributed by atoms with van der Waals surface area (Å²) in [5.74, 6) is -0.189. The Balaban J connectivity index is 1.48. The SMILES string of the molecule is Cc1[nH]c2ccccc2c1[C@H]1c2ccccc2C(=O)N1CCC(=O)Nc1cccnc1. The molecule has 0 saturated carbocycles. The highest BCUT2D eigenvalue weighted by Gasteiger charge is 2.39. The molecule has 4 aromatic rings. The number of fused-ring (bicyclic) bond motifs is 2. The zero-order chi connectivity index (χ0) is 21.4. The Morgan fingerprint density at radius 2 is 1.90 bits per heavy atom. The van der Waals surface area contributed by atoms with Crippen molar-refractivity contribution < 1.29 is 9.59 Å². The van der Waals surface area contributed by atoms with Crippen molar-refractivity contribution in [3.8, 4) is 0 Å². The monoisotopic (exact) mass is 410 g/mol. The van der Waals surface area contributed by atoms with Gasteiger partial charge in [-0.15, -0.1) is 0 Å². The maximum Gasteiger partial charge on any atom is 0.255 e. The first-order chi connectivity index (χ1) is 15.1. The third-order valence-electron chi connectivity index (χ3n) is 5.80. The second-order valence-electron chi connectivity index (χ2n) is 7.74. The molecule has 0 aliphatic carbocycles. The Morgan fingerprint density at radius 1 is 1.10 bits per heavy atom. The van der Waals surface area contributed by atoms with Gasteiger partial charge in [-0.3, -0.25) is 14.6 Å². The number of benzene rings is 2. The third kappa shape index (κ3) is 3.36. The Bertz CT molecular complexity index is 1280. The Hall–Kier alpha value is -3.93. The van der Waals surface area contributed by atoms with Gasteiger partial charge in [0.15, 0.2) is 0 Å². The molecule has 1 aliphatic heterocycles. The second kappa shape index (κ2) is 7.72. The van der Waals surface area contributed by atoms with E-state index in [1.165, 1.54) is 0 Å². The van der Waals surface area contributed by atoms with Crippen molar-refractivity contribution in [3.63, 3.8) is 0 Å². The Morgan fingerprint density at radius 3 is 2.74 bits per heavy atom. The van der Waals surface area contributed by atoms with Crippen LogP contribution in [0.5, 0.6) is 0 Å². The minimum atomic E-state index is -0.231. The maximum atomic E-state index is 13.3. The van der Waals surface area contributed by atoms with E-state index < -0.39 is 0 Å². The summed E-state index contributed by atoms with van der Waals surface area (Å²) in [5, 5.41) is 3.94. The van der Waals surface area contributed by atoms with Crippen LogP contribution in [0.3, 0.4) is 0 Å². The van der Waals surface area contributed by atoms with E-state index in [1.807, 2.05) is 54.3 Å². The molecule has 6 heteroatoms. The van der Waals surface area contributed by atoms with E-state index in [4.69, 9.17) is 0 Å². The van der Waals surface area contributed by atoms with E-state index >= 15 is 0 Å². The molecule has 0 bridgehead atoms. The minimum Gasteiger partial charge on any atom is -0.358 e. The number of carbonyl (C=O) groups excluding carboxylic acids is 2. The van der Waals surface area contributed by atoms with E-state index in [9.17, 15) is 9.59 Å². The van der Waals surface area contributed by atoms with Crippen LogP contribution in [0.25, 0.3) is 10.9 Å². The summed E-state index contributed by atoms with van der Waals surface area (Å²) < 4.78 is 0. The number of rotatable bonds is 5. The predicted molar refractivity (Wildman–Crippen MR) is 120 cm³/mol. The lowest BCUT2D eigenvalue weighted by atomic mass is 9.95. The first-order valence-corrected chi connectivity index (χ1v) is 10.3. The molecule has 6 nitrogen and oxygen atoms in total. The van der Waals surface area contributed by atoms with Gasteiger partial charge >= 0.3 is 0 Å². The number of para-hydroxylation sites is 1. The number of hydrogen-bond donors (Lipinski definition) is 2. The smallest absolute Gasteiger partial charge is 0.255 e. The lowest BCUT2D eigenvalue weighted by Gasteiger charge is -2.26. The van der Waals surface area contributed by atoms with Crippen LogP contribution in [0.15, 0.2) is 73.1 Å². The number of carbonyl (C=O) groups is 2. The van der Waals surface area contributed by atoms with Gasteiger partial charge in [-0.25, -0.2) is 0 Å². The van der Waals surface area contributed by atoms with Gasteiger partial charge in [0.1, 0.15) is 0 Å². The zero-order valence-corrected chi connectivity index (χ0v) is 17.1. The molecule has 1 aliphatic rings. The number of nitrogens with zero attached hydrogens (tertiary/aromatic N) is 2. The maximum absolute atomic E-state index is 13.3. The van der Waals surface area contributed by atoms with Crippen LogP contribution in [0.4, 0.5) is 5.69 Å². The number of aryl methyl sites for hydroxylation is 1. The van der Waals surface area contributed by atoms with Crippen LogP contribution < -0.4 is 5.32 Å². The summed E-state index contributed by atoms with van der Waals surface area (Å²) in [6.45, 7) is 2.36. The van der Waals surface area contributed by atoms with Gasteiger partial charge in [0, 0.05) is 46.9 Å². The van der Waals surface area contributed by atoms with Crippen LogP contribution in [0.2, 0.25) is 0 Å². The van der Waals surface area contributed by atoms with Crippen LogP contribution in [0, 0.1) is 6.92 Å². The first kappa shape index (κ1) is 19.1. The molecule has 3 heterocycles. The predicted octanol–water partition coefficient (Wildman–Crippen LogP) is 4.45. The van der Waals surface area contributed by atoms with Gasteiger partial charge in [0.05, 0.1) is 17.9 Å². The highest BCUT2D eigenvalue weighted by molar-refractivity contribution is 6.01. The molecule has 0 saturated heterocycles. The number of hydrogen-bond acceptors (Lipinski definition) is 3. The van der Waals surface area contributed by atoms with Crippen molar-refractivity contribution in [3.05, 3.63) is 95.4 Å². The zero-order valence-electron chi connectivity index (χ0n) is 17.1. The molecule has 0 spiro atoms. The summed E-state index contributed by atoms with van der Waals surface area (Å²) in [6, 6.07) is 19.2. The largest absolute Gasteiger partial charge is 0.358 e. The van der Waals surface area contributed by atoms with E-state index in [0.29, 0.717) is 17.8 Å². The molecule has 2 aromatic carbocycles. The Kier molecular flexibility index (Phi) is 4.75. The highest BCUT2D eigenvalue weighted by atomic mass is 16.2. The van der Waals surface area contributed by atoms with Crippen molar-refractivity contribution in [1.82, 2.24) is 14.9 Å². The van der Waals surface area contributed by atoms with Crippen molar-refractivity contribution in [2.45, 2.75) is 19.4 Å². The van der Waals surface area contributed by atoms with Crippen LogP contribution in [-0.4, -0.2) is 33.2 Å². The number of anilines is 1. The summed E-state index contributed by atoms with van der Waals surface area (Å²) in [5.41, 5.74) is 5.48. The van der Waals surface area contributed by atoms with Crippen molar-refractivity contribution in [1.29, 1.82) is 0 Å². The van der Waals surface area contributed by atoms with E-state index in [0.717, 1.165) is 27.7 Å². The van der Waals surface area contributed by atoms with E-state index in [1.54, 1.807) is 24.5 Å². The fourth-order valence-electron chi connectivity index (χ4n) is 4.44. The molecular formula is C25H22N4O2. The fourth-order valence-corrected chi connectivity index (χ4v) is 4.44. The molecule has 0 unspecified atom stereocenters. The standard InChI is InChI=1S/C25H22N4O2/c1-16-23(20-10-4-5-11-21(20)27-16)24-18-8-2-3-9-19(18)25(31)29(24)14-12-22(30)28-17-7-6-13-26-15-17/h2-11,13,15,24,27H,12,14H2,1H3,(H,28,30)/t24-/m1/s1. The topological polar surface area (TPSA) is 78.1 Å². The quantitative estimate of drug-likeness (QED) is 0.510. The van der Waals surface area contributed by atoms with Gasteiger partial charge in [-0.1, -0.05) is 36.4 Å². The summed E-state index contributed by atoms with van der Waals surface area (Å²) in [7, 11) is 0. The van der Waals surface area contributed by atoms with Crippen molar-refractivity contribution >= 4 is 28.4 Å². The van der Waals surface area contributed by atoms with Crippen LogP contribution in [-0.2, 0) is 4.79 Å². The second-order valence-corrected chi connectivity index (χ2v) is 7.74. The average Bonchev–Trinajstić information content (AvgIpc) is 3.26. The van der Waals surface area contributed by atoms with Gasteiger partial charge in [0.25, 0.3) is 5.91 Å². The van der Waals surface area contributed by atoms with Crippen LogP contribution in [0.1, 0.15) is 39.6 Å². The number of aromatic nitrogens is 2. The fraction of sp³-hybridized carbons (Fsp3) is 0.160. The summed E-state index contributed by atoms with van der Waals surface area (Å²) in [4.78, 5) is 35.1. The number of amides is 2. The highest BCUT2D eigenvalue weighted by Crippen LogP contribution is 2.42. The Labute approximate surface area is 179 Å². The lowest BCUT2D eigenvalue weighted by Crippen LogP contribution is -2.32. The molecule has 5 rings (SSSR count). The van der Waals surface area contributed by atoms with Gasteiger partial charge in [-0.2, -0.15) is 0 Å². The summed E-state index contributed by atoms with van der Waals surface area (Å²) in [6.07, 6.45) is 3.46. The minimum absolute atomic E-state index is 0.0422. The first-order valence-electron chi connectivity index (χ1n) is 10.3. The number of nitrogens with one attached hydrogen (secondary N) is 2. The van der Waals surface area contributed by atoms with E-state index in [-0.39, 0.29) is 24.3 Å². The molecule has 2 amide bonds. The van der Waals surface area contributed by atoms with E-state index in [2.05, 4.69) is 21.4 Å². The molecule has 31 heavy (non-hydrogen) atoms. The van der Waals surface area contributed by atoms with Crippen molar-refractivity contribution in [2.24, 2.45) is 0 Å². The van der Waals surface area contributed by atoms with Crippen molar-refractivity contribution in [2.75, 3.05) is 11.9 Å². The number of pyridine rings is 1. The molecule has 2 N–H and O–H groups in total. The molecule has 154 valence electrons. The van der Waals surface area contributed by atoms with Gasteiger partial charge in [-0.05, 0) is 36.8 Å². The normalized spacial score (nSPS) is 15.3. The third-order valence-corrected chi connectivity index (χ3v) is 5.80.